The average Bonchev–Trinajstić information content (AvgIpc) is 3.53. The summed E-state index contributed by atoms with van der Waals surface area (Å²) in [6, 6.07) is 3.04. The van der Waals surface area contributed by atoms with Crippen LogP contribution in [0.25, 0.3) is 0 Å². The minimum atomic E-state index is -1.03. The molecule has 10 heteroatoms. The molecular weight excluding hydrogens is 488 g/mol. The highest BCUT2D eigenvalue weighted by Crippen LogP contribution is 2.68. The third-order valence-electron chi connectivity index (χ3n) is 9.13. The molecule has 1 spiro atoms. The van der Waals surface area contributed by atoms with Gasteiger partial charge < -0.3 is 35.4 Å². The van der Waals surface area contributed by atoms with Gasteiger partial charge in [-0.1, -0.05) is 13.0 Å². The number of imidazole rings is 1. The van der Waals surface area contributed by atoms with Gasteiger partial charge in [0, 0.05) is 36.8 Å². The molecule has 202 valence electrons. The highest BCUT2D eigenvalue weighted by Gasteiger charge is 2.72. The van der Waals surface area contributed by atoms with Crippen molar-refractivity contribution >= 4 is 11.9 Å². The Bertz CT molecular complexity index is 1290. The molecule has 38 heavy (non-hydrogen) atoms. The summed E-state index contributed by atoms with van der Waals surface area (Å²) < 4.78 is 18.2. The summed E-state index contributed by atoms with van der Waals surface area (Å²) >= 11 is 0. The van der Waals surface area contributed by atoms with Crippen molar-refractivity contribution in [1.29, 1.82) is 0 Å². The Hall–Kier alpha value is -3.37. The molecule has 0 saturated heterocycles. The standard InChI is InChI=1S/C28H34N4O6/c1-15-5-8-27-23-16-3-4-20(36-2)24(23)38-25(27)21(6-9-28(27,35)18(15)11-16)37-26(34)19(32-22(33)7-10-29)12-17-13-30-14-31-17/h3-4,6,13-15,18-19,25,35H,5,7-12,29H2,1-2H3,(H,30,31)(H,32,33)/t15?,18-,19-,25-,27-,28+/m0/s1. The van der Waals surface area contributed by atoms with Crippen LogP contribution in [0.15, 0.2) is 36.5 Å². The number of rotatable bonds is 8. The Morgan fingerprint density at radius 2 is 2.24 bits per heavy atom. The zero-order chi connectivity index (χ0) is 26.7. The fraction of sp³-hybridized carbons (Fsp3) is 0.536. The zero-order valence-corrected chi connectivity index (χ0v) is 21.7. The average molecular weight is 523 g/mol. The van der Waals surface area contributed by atoms with Gasteiger partial charge in [-0.05, 0) is 55.2 Å². The van der Waals surface area contributed by atoms with E-state index in [1.807, 2.05) is 6.07 Å². The largest absolute Gasteiger partial charge is 0.493 e. The molecule has 2 bridgehead atoms. The van der Waals surface area contributed by atoms with Gasteiger partial charge in [0.05, 0.1) is 24.5 Å². The quantitative estimate of drug-likeness (QED) is 0.383. The van der Waals surface area contributed by atoms with Gasteiger partial charge in [0.1, 0.15) is 11.8 Å². The van der Waals surface area contributed by atoms with E-state index >= 15 is 0 Å². The fourth-order valence-corrected chi connectivity index (χ4v) is 7.36. The van der Waals surface area contributed by atoms with Crippen LogP contribution >= 0.6 is 0 Å². The van der Waals surface area contributed by atoms with Crippen LogP contribution < -0.4 is 20.5 Å². The maximum Gasteiger partial charge on any atom is 0.334 e. The van der Waals surface area contributed by atoms with E-state index in [9.17, 15) is 14.7 Å². The molecule has 2 heterocycles. The molecule has 10 nitrogen and oxygen atoms in total. The van der Waals surface area contributed by atoms with E-state index in [2.05, 4.69) is 28.3 Å². The van der Waals surface area contributed by atoms with E-state index in [-0.39, 0.29) is 31.2 Å². The number of methoxy groups -OCH3 is 1. The first-order chi connectivity index (χ1) is 18.3. The summed E-state index contributed by atoms with van der Waals surface area (Å²) in [5.41, 5.74) is 6.59. The van der Waals surface area contributed by atoms with E-state index in [1.165, 1.54) is 6.33 Å². The van der Waals surface area contributed by atoms with E-state index in [4.69, 9.17) is 19.9 Å². The Morgan fingerprint density at radius 1 is 1.39 bits per heavy atom. The lowest BCUT2D eigenvalue weighted by Gasteiger charge is -2.61. The highest BCUT2D eigenvalue weighted by molar-refractivity contribution is 5.85. The third kappa shape index (κ3) is 3.50. The topological polar surface area (TPSA) is 149 Å². The van der Waals surface area contributed by atoms with Crippen LogP contribution in [-0.4, -0.2) is 58.4 Å². The van der Waals surface area contributed by atoms with Crippen LogP contribution in [0.2, 0.25) is 0 Å². The van der Waals surface area contributed by atoms with Gasteiger partial charge in [-0.15, -0.1) is 0 Å². The summed E-state index contributed by atoms with van der Waals surface area (Å²) in [6.07, 6.45) is 7.26. The van der Waals surface area contributed by atoms with Crippen LogP contribution in [0.5, 0.6) is 11.5 Å². The first kappa shape index (κ1) is 24.9. The molecule has 1 saturated carbocycles. The van der Waals surface area contributed by atoms with Crippen molar-refractivity contribution in [2.75, 3.05) is 13.7 Å². The van der Waals surface area contributed by atoms with Crippen molar-refractivity contribution in [1.82, 2.24) is 15.3 Å². The van der Waals surface area contributed by atoms with Crippen LogP contribution in [0.3, 0.4) is 0 Å². The van der Waals surface area contributed by atoms with Gasteiger partial charge in [-0.25, -0.2) is 9.78 Å². The lowest BCUT2D eigenvalue weighted by Crippen LogP contribution is -2.69. The van der Waals surface area contributed by atoms with Gasteiger partial charge in [0.2, 0.25) is 5.91 Å². The van der Waals surface area contributed by atoms with E-state index in [1.54, 1.807) is 19.4 Å². The number of ether oxygens (including phenoxy) is 3. The summed E-state index contributed by atoms with van der Waals surface area (Å²) in [5, 5.41) is 15.1. The number of nitrogens with one attached hydrogen (secondary N) is 2. The molecule has 4 aliphatic rings. The van der Waals surface area contributed by atoms with Crippen molar-refractivity contribution in [2.24, 2.45) is 17.6 Å². The Kier molecular flexibility index (Phi) is 5.99. The van der Waals surface area contributed by atoms with Crippen LogP contribution in [0, 0.1) is 11.8 Å². The zero-order valence-electron chi connectivity index (χ0n) is 21.7. The molecule has 5 N–H and O–H groups in total. The number of esters is 1. The first-order valence-electron chi connectivity index (χ1n) is 13.3. The Morgan fingerprint density at radius 3 is 2.97 bits per heavy atom. The minimum absolute atomic E-state index is 0.0615. The number of hydrogen-bond acceptors (Lipinski definition) is 8. The predicted octanol–water partition coefficient (Wildman–Crippen LogP) is 1.66. The summed E-state index contributed by atoms with van der Waals surface area (Å²) in [6.45, 7) is 2.38. The van der Waals surface area contributed by atoms with E-state index in [0.717, 1.165) is 24.0 Å². The third-order valence-corrected chi connectivity index (χ3v) is 9.13. The number of aromatic nitrogens is 2. The molecule has 1 amide bonds. The molecule has 2 aromatic rings. The SMILES string of the molecule is COc1ccc2c3c1O[C@H]1C(OC(=O)[C@H](Cc4cnc[nH]4)NC(=O)CCN)=CC[C@@]4(O)[C@@H](C2)C(C)CC[C@]314. The summed E-state index contributed by atoms with van der Waals surface area (Å²) in [7, 11) is 1.60. The van der Waals surface area contributed by atoms with Crippen LogP contribution in [-0.2, 0) is 32.6 Å². The number of aromatic amines is 1. The van der Waals surface area contributed by atoms with E-state index in [0.29, 0.717) is 41.7 Å². The number of aliphatic hydroxyl groups is 1. The molecule has 3 aliphatic carbocycles. The molecule has 6 atom stereocenters. The highest BCUT2D eigenvalue weighted by atomic mass is 16.6. The number of nitrogens with zero attached hydrogens (tertiary/aromatic N) is 1. The van der Waals surface area contributed by atoms with Gasteiger partial charge in [0.25, 0.3) is 0 Å². The number of amides is 1. The lowest BCUT2D eigenvalue weighted by atomic mass is 9.45. The molecule has 1 unspecified atom stereocenters. The lowest BCUT2D eigenvalue weighted by molar-refractivity contribution is -0.171. The van der Waals surface area contributed by atoms with Gasteiger partial charge >= 0.3 is 5.97 Å². The number of nitrogens with two attached hydrogens (primary N) is 1. The van der Waals surface area contributed by atoms with Gasteiger partial charge in [0.15, 0.2) is 17.6 Å². The van der Waals surface area contributed by atoms with Crippen LogP contribution in [0.4, 0.5) is 0 Å². The van der Waals surface area contributed by atoms with Crippen molar-refractivity contribution in [3.8, 4) is 11.5 Å². The monoisotopic (exact) mass is 522 g/mol. The Labute approximate surface area is 220 Å². The van der Waals surface area contributed by atoms with Crippen molar-refractivity contribution in [2.45, 2.75) is 68.6 Å². The van der Waals surface area contributed by atoms with Crippen molar-refractivity contribution in [3.05, 3.63) is 53.3 Å². The summed E-state index contributed by atoms with van der Waals surface area (Å²) in [4.78, 5) is 32.9. The number of H-pyrrole nitrogens is 1. The second-order valence-electron chi connectivity index (χ2n) is 11.0. The number of hydrogen-bond donors (Lipinski definition) is 4. The molecule has 1 aliphatic heterocycles. The van der Waals surface area contributed by atoms with E-state index < -0.39 is 29.1 Å². The van der Waals surface area contributed by atoms with Crippen molar-refractivity contribution < 1.29 is 28.9 Å². The molecule has 1 fully saturated rings. The molecule has 6 rings (SSSR count). The predicted molar refractivity (Wildman–Crippen MR) is 136 cm³/mol. The molecular formula is C28H34N4O6. The van der Waals surface area contributed by atoms with Crippen LogP contribution in [0.1, 0.15) is 49.4 Å². The number of benzene rings is 1. The van der Waals surface area contributed by atoms with Crippen molar-refractivity contribution in [3.63, 3.8) is 0 Å². The summed E-state index contributed by atoms with van der Waals surface area (Å²) in [5.74, 6) is 1.04. The normalized spacial score (nSPS) is 30.9. The first-order valence-corrected chi connectivity index (χ1v) is 13.3. The number of carbonyl (C=O) groups excluding carboxylic acids is 2. The smallest absolute Gasteiger partial charge is 0.334 e. The second kappa shape index (κ2) is 9.13. The second-order valence-corrected chi connectivity index (χ2v) is 11.0. The van der Waals surface area contributed by atoms with Gasteiger partial charge in [-0.3, -0.25) is 4.79 Å². The molecule has 1 aromatic carbocycles. The Balaban J connectivity index is 1.36. The van der Waals surface area contributed by atoms with Gasteiger partial charge in [-0.2, -0.15) is 0 Å². The fourth-order valence-electron chi connectivity index (χ4n) is 7.36. The maximum absolute atomic E-state index is 13.5. The minimum Gasteiger partial charge on any atom is -0.493 e. The molecule has 1 aromatic heterocycles. The number of carbonyl (C=O) groups is 2. The molecule has 0 radical (unpaired) electrons. The maximum atomic E-state index is 13.5.